The van der Waals surface area contributed by atoms with Crippen LogP contribution in [0.3, 0.4) is 0 Å². The van der Waals surface area contributed by atoms with Gasteiger partial charge in [0, 0.05) is 16.2 Å². The fourth-order valence-corrected chi connectivity index (χ4v) is 3.30. The molecule has 1 aliphatic rings. The molecule has 2 aromatic carbocycles. The van der Waals surface area contributed by atoms with Crippen molar-refractivity contribution in [3.63, 3.8) is 0 Å². The van der Waals surface area contributed by atoms with Crippen LogP contribution in [-0.2, 0) is 11.2 Å². The number of amides is 1. The maximum Gasteiger partial charge on any atom is 0.238 e. The molecule has 2 N–H and O–H groups in total. The Hall–Kier alpha value is -1.85. The van der Waals surface area contributed by atoms with Gasteiger partial charge >= 0.3 is 0 Å². The second-order valence-corrected chi connectivity index (χ2v) is 6.51. The van der Waals surface area contributed by atoms with Gasteiger partial charge in [0.2, 0.25) is 5.91 Å². The molecule has 23 heavy (non-hydrogen) atoms. The van der Waals surface area contributed by atoms with Crippen LogP contribution in [0.4, 0.5) is 5.69 Å². The van der Waals surface area contributed by atoms with Gasteiger partial charge in [0.25, 0.3) is 0 Å². The molecule has 0 bridgehead atoms. The first-order valence-corrected chi connectivity index (χ1v) is 8.40. The molecule has 2 aromatic rings. The number of aryl methyl sites for hydroxylation is 1. The van der Waals surface area contributed by atoms with Crippen molar-refractivity contribution in [3.8, 4) is 5.75 Å². The van der Waals surface area contributed by atoms with Crippen molar-refractivity contribution in [2.24, 2.45) is 0 Å². The molecule has 0 heterocycles. The quantitative estimate of drug-likeness (QED) is 0.839. The van der Waals surface area contributed by atoms with E-state index in [4.69, 9.17) is 4.74 Å². The van der Waals surface area contributed by atoms with E-state index >= 15 is 0 Å². The minimum absolute atomic E-state index is 0.0410. The smallest absolute Gasteiger partial charge is 0.238 e. The molecular formula is C18H19BrN2O2. The van der Waals surface area contributed by atoms with Crippen molar-refractivity contribution in [1.82, 2.24) is 5.32 Å². The predicted octanol–water partition coefficient (Wildman–Crippen LogP) is 3.67. The molecule has 0 fully saturated rings. The summed E-state index contributed by atoms with van der Waals surface area (Å²) >= 11 is 3.50. The second kappa shape index (κ2) is 7.15. The number of anilines is 1. The Morgan fingerprint density at radius 3 is 2.78 bits per heavy atom. The molecule has 0 saturated carbocycles. The van der Waals surface area contributed by atoms with Gasteiger partial charge < -0.3 is 15.4 Å². The molecule has 4 nitrogen and oxygen atoms in total. The molecule has 1 amide bonds. The molecule has 0 aromatic heterocycles. The van der Waals surface area contributed by atoms with Crippen LogP contribution in [0, 0.1) is 0 Å². The van der Waals surface area contributed by atoms with Crippen LogP contribution in [0.2, 0.25) is 0 Å². The van der Waals surface area contributed by atoms with Gasteiger partial charge in [-0.1, -0.05) is 22.0 Å². The lowest BCUT2D eigenvalue weighted by atomic mass is 10.1. The Kier molecular flexibility index (Phi) is 4.98. The highest BCUT2D eigenvalue weighted by molar-refractivity contribution is 9.10. The third kappa shape index (κ3) is 3.92. The van der Waals surface area contributed by atoms with Gasteiger partial charge in [0.05, 0.1) is 13.7 Å². The highest BCUT2D eigenvalue weighted by atomic mass is 79.9. The Bertz CT molecular complexity index is 701. The van der Waals surface area contributed by atoms with Crippen LogP contribution in [0.5, 0.6) is 5.75 Å². The fourth-order valence-electron chi connectivity index (χ4n) is 2.89. The van der Waals surface area contributed by atoms with E-state index in [1.54, 1.807) is 7.11 Å². The predicted molar refractivity (Wildman–Crippen MR) is 94.8 cm³/mol. The maximum atomic E-state index is 12.1. The third-order valence-corrected chi connectivity index (χ3v) is 4.56. The fraction of sp³-hybridized carbons (Fsp3) is 0.278. The van der Waals surface area contributed by atoms with Crippen LogP contribution < -0.4 is 15.4 Å². The number of halogens is 1. The number of benzene rings is 2. The lowest BCUT2D eigenvalue weighted by molar-refractivity contribution is -0.115. The standard InChI is InChI=1S/C18H19BrN2O2/c1-23-15-6-4-14(5-7-15)21-18(22)11-20-17-9-2-12-10-13(19)3-8-16(12)17/h3-8,10,17,20H,2,9,11H2,1H3,(H,21,22). The molecule has 0 spiro atoms. The van der Waals surface area contributed by atoms with Crippen LogP contribution in [0.15, 0.2) is 46.9 Å². The van der Waals surface area contributed by atoms with Crippen LogP contribution >= 0.6 is 15.9 Å². The van der Waals surface area contributed by atoms with E-state index in [0.717, 1.165) is 28.8 Å². The van der Waals surface area contributed by atoms with E-state index in [-0.39, 0.29) is 11.9 Å². The van der Waals surface area contributed by atoms with E-state index < -0.39 is 0 Å². The minimum Gasteiger partial charge on any atom is -0.497 e. The van der Waals surface area contributed by atoms with Gasteiger partial charge in [-0.25, -0.2) is 0 Å². The zero-order valence-corrected chi connectivity index (χ0v) is 14.5. The molecule has 1 unspecified atom stereocenters. The first kappa shape index (κ1) is 16.0. The molecule has 1 aliphatic carbocycles. The number of hydrogen-bond donors (Lipinski definition) is 2. The highest BCUT2D eigenvalue weighted by Gasteiger charge is 2.22. The van der Waals surface area contributed by atoms with Crippen molar-refractivity contribution in [2.45, 2.75) is 18.9 Å². The summed E-state index contributed by atoms with van der Waals surface area (Å²) in [6.07, 6.45) is 2.08. The van der Waals surface area contributed by atoms with Crippen molar-refractivity contribution < 1.29 is 9.53 Å². The summed E-state index contributed by atoms with van der Waals surface area (Å²) in [5.41, 5.74) is 3.42. The van der Waals surface area contributed by atoms with Crippen molar-refractivity contribution in [1.29, 1.82) is 0 Å². The summed E-state index contributed by atoms with van der Waals surface area (Å²) in [4.78, 5) is 12.1. The van der Waals surface area contributed by atoms with Gasteiger partial charge in [-0.3, -0.25) is 4.79 Å². The molecule has 1 atom stereocenters. The monoisotopic (exact) mass is 374 g/mol. The minimum atomic E-state index is -0.0410. The van der Waals surface area contributed by atoms with Crippen LogP contribution in [0.1, 0.15) is 23.6 Å². The van der Waals surface area contributed by atoms with Crippen LogP contribution in [-0.4, -0.2) is 19.6 Å². The number of hydrogen-bond acceptors (Lipinski definition) is 3. The largest absolute Gasteiger partial charge is 0.497 e. The summed E-state index contributed by atoms with van der Waals surface area (Å²) < 4.78 is 6.21. The maximum absolute atomic E-state index is 12.1. The van der Waals surface area contributed by atoms with E-state index in [1.807, 2.05) is 24.3 Å². The topological polar surface area (TPSA) is 50.4 Å². The summed E-state index contributed by atoms with van der Waals surface area (Å²) in [5.74, 6) is 0.732. The van der Waals surface area contributed by atoms with E-state index in [1.165, 1.54) is 11.1 Å². The van der Waals surface area contributed by atoms with Gasteiger partial charge in [0.1, 0.15) is 5.75 Å². The SMILES string of the molecule is COc1ccc(NC(=O)CNC2CCc3cc(Br)ccc32)cc1. The lowest BCUT2D eigenvalue weighted by Gasteiger charge is -2.14. The Balaban J connectivity index is 1.54. The van der Waals surface area contributed by atoms with Crippen molar-refractivity contribution in [3.05, 3.63) is 58.1 Å². The first-order valence-electron chi connectivity index (χ1n) is 7.61. The number of carbonyl (C=O) groups is 1. The molecule has 0 aliphatic heterocycles. The Morgan fingerprint density at radius 1 is 1.26 bits per heavy atom. The number of methoxy groups -OCH3 is 1. The van der Waals surface area contributed by atoms with E-state index in [2.05, 4.69) is 44.8 Å². The lowest BCUT2D eigenvalue weighted by Crippen LogP contribution is -2.30. The molecule has 0 radical (unpaired) electrons. The highest BCUT2D eigenvalue weighted by Crippen LogP contribution is 2.32. The summed E-state index contributed by atoms with van der Waals surface area (Å²) in [5, 5.41) is 6.23. The van der Waals surface area contributed by atoms with Crippen molar-refractivity contribution >= 4 is 27.5 Å². The molecule has 0 saturated heterocycles. The number of rotatable bonds is 5. The van der Waals surface area contributed by atoms with E-state index in [9.17, 15) is 4.79 Å². The van der Waals surface area contributed by atoms with E-state index in [0.29, 0.717) is 6.54 Å². The first-order chi connectivity index (χ1) is 11.2. The average Bonchev–Trinajstić information content (AvgIpc) is 2.95. The zero-order chi connectivity index (χ0) is 16.2. The number of fused-ring (bicyclic) bond motifs is 1. The summed E-state index contributed by atoms with van der Waals surface area (Å²) in [6.45, 7) is 0.298. The average molecular weight is 375 g/mol. The molecule has 120 valence electrons. The number of nitrogens with one attached hydrogen (secondary N) is 2. The van der Waals surface area contributed by atoms with Crippen LogP contribution in [0.25, 0.3) is 0 Å². The normalized spacial score (nSPS) is 16.0. The van der Waals surface area contributed by atoms with Gasteiger partial charge in [-0.05, 0) is 60.4 Å². The van der Waals surface area contributed by atoms with Crippen molar-refractivity contribution in [2.75, 3.05) is 19.0 Å². The Morgan fingerprint density at radius 2 is 2.04 bits per heavy atom. The summed E-state index contributed by atoms with van der Waals surface area (Å²) in [6, 6.07) is 13.9. The Labute approximate surface area is 144 Å². The molecule has 5 heteroatoms. The number of ether oxygens (including phenoxy) is 1. The molecular weight excluding hydrogens is 356 g/mol. The summed E-state index contributed by atoms with van der Waals surface area (Å²) in [7, 11) is 1.62. The van der Waals surface area contributed by atoms with Gasteiger partial charge in [0.15, 0.2) is 0 Å². The van der Waals surface area contributed by atoms with Gasteiger partial charge in [-0.15, -0.1) is 0 Å². The van der Waals surface area contributed by atoms with Gasteiger partial charge in [-0.2, -0.15) is 0 Å². The molecule has 3 rings (SSSR count). The second-order valence-electron chi connectivity index (χ2n) is 5.59. The third-order valence-electron chi connectivity index (χ3n) is 4.07. The number of carbonyl (C=O) groups excluding carboxylic acids is 1. The zero-order valence-electron chi connectivity index (χ0n) is 12.9.